The van der Waals surface area contributed by atoms with Gasteiger partial charge in [0.2, 0.25) is 0 Å². The SMILES string of the molecule is c1ccc(SC2(c3cc(N4CCOCC4)nc(-c4ccc(NC5CC5)cc4)n3)CCC2)cc1. The maximum absolute atomic E-state index is 5.60. The van der Waals surface area contributed by atoms with Crippen LogP contribution >= 0.6 is 11.8 Å². The summed E-state index contributed by atoms with van der Waals surface area (Å²) in [7, 11) is 0. The Morgan fingerprint density at radius 3 is 2.36 bits per heavy atom. The molecule has 1 aliphatic heterocycles. The molecule has 2 heterocycles. The van der Waals surface area contributed by atoms with E-state index in [0.717, 1.165) is 62.0 Å². The van der Waals surface area contributed by atoms with Crippen molar-refractivity contribution in [3.8, 4) is 11.4 Å². The van der Waals surface area contributed by atoms with Gasteiger partial charge in [0, 0.05) is 41.3 Å². The van der Waals surface area contributed by atoms with Crippen LogP contribution in [0.2, 0.25) is 0 Å². The van der Waals surface area contributed by atoms with Crippen molar-refractivity contribution in [3.63, 3.8) is 0 Å². The molecule has 0 bridgehead atoms. The summed E-state index contributed by atoms with van der Waals surface area (Å²) in [6, 6.07) is 22.3. The van der Waals surface area contributed by atoms with Crippen molar-refractivity contribution >= 4 is 23.3 Å². The second kappa shape index (κ2) is 8.99. The van der Waals surface area contributed by atoms with Crippen LogP contribution in [-0.2, 0) is 9.48 Å². The number of hydrogen-bond donors (Lipinski definition) is 1. The van der Waals surface area contributed by atoms with Crippen LogP contribution in [0.4, 0.5) is 11.5 Å². The van der Waals surface area contributed by atoms with E-state index in [4.69, 9.17) is 14.7 Å². The molecular formula is C27H30N4OS. The van der Waals surface area contributed by atoms with E-state index in [1.54, 1.807) is 0 Å². The molecule has 0 radical (unpaired) electrons. The van der Waals surface area contributed by atoms with Crippen molar-refractivity contribution in [2.24, 2.45) is 0 Å². The molecule has 170 valence electrons. The number of anilines is 2. The maximum Gasteiger partial charge on any atom is 0.161 e. The maximum atomic E-state index is 5.60. The summed E-state index contributed by atoms with van der Waals surface area (Å²) in [5.41, 5.74) is 3.42. The quantitative estimate of drug-likeness (QED) is 0.488. The fourth-order valence-corrected chi connectivity index (χ4v) is 6.00. The zero-order valence-corrected chi connectivity index (χ0v) is 19.7. The zero-order valence-electron chi connectivity index (χ0n) is 18.9. The van der Waals surface area contributed by atoms with Gasteiger partial charge in [-0.2, -0.15) is 0 Å². The van der Waals surface area contributed by atoms with E-state index in [2.05, 4.69) is 70.9 Å². The number of morpholine rings is 1. The lowest BCUT2D eigenvalue weighted by molar-refractivity contribution is 0.122. The van der Waals surface area contributed by atoms with Gasteiger partial charge in [0.1, 0.15) is 5.82 Å². The van der Waals surface area contributed by atoms with Crippen molar-refractivity contribution in [2.75, 3.05) is 36.5 Å². The lowest BCUT2D eigenvalue weighted by atomic mass is 9.81. The van der Waals surface area contributed by atoms with Gasteiger partial charge in [-0.3, -0.25) is 0 Å². The van der Waals surface area contributed by atoms with Gasteiger partial charge in [0.15, 0.2) is 5.82 Å². The van der Waals surface area contributed by atoms with Crippen LogP contribution in [0.25, 0.3) is 11.4 Å². The van der Waals surface area contributed by atoms with Crippen LogP contribution < -0.4 is 10.2 Å². The Labute approximate surface area is 200 Å². The van der Waals surface area contributed by atoms with Crippen LogP contribution in [0, 0.1) is 0 Å². The highest BCUT2D eigenvalue weighted by atomic mass is 32.2. The van der Waals surface area contributed by atoms with Crippen molar-refractivity contribution in [3.05, 3.63) is 66.4 Å². The fourth-order valence-electron chi connectivity index (χ4n) is 4.55. The topological polar surface area (TPSA) is 50.3 Å². The molecule has 0 unspecified atom stereocenters. The number of hydrogen-bond acceptors (Lipinski definition) is 6. The van der Waals surface area contributed by atoms with Gasteiger partial charge in [-0.1, -0.05) is 18.2 Å². The number of benzene rings is 2. The molecule has 0 atom stereocenters. The summed E-state index contributed by atoms with van der Waals surface area (Å²) in [4.78, 5) is 13.9. The van der Waals surface area contributed by atoms with E-state index in [-0.39, 0.29) is 4.75 Å². The van der Waals surface area contributed by atoms with Gasteiger partial charge in [-0.25, -0.2) is 9.97 Å². The first-order valence-electron chi connectivity index (χ1n) is 12.1. The summed E-state index contributed by atoms with van der Waals surface area (Å²) < 4.78 is 5.62. The van der Waals surface area contributed by atoms with Crippen LogP contribution in [0.5, 0.6) is 0 Å². The van der Waals surface area contributed by atoms with Crippen LogP contribution in [0.15, 0.2) is 65.6 Å². The molecule has 1 aromatic heterocycles. The average Bonchev–Trinajstić information content (AvgIpc) is 3.67. The lowest BCUT2D eigenvalue weighted by Gasteiger charge is -2.41. The van der Waals surface area contributed by atoms with Gasteiger partial charge in [0.25, 0.3) is 0 Å². The van der Waals surface area contributed by atoms with Crippen LogP contribution in [-0.4, -0.2) is 42.3 Å². The minimum absolute atomic E-state index is 0.0214. The minimum atomic E-state index is 0.0214. The number of rotatable bonds is 7. The Hall–Kier alpha value is -2.57. The summed E-state index contributed by atoms with van der Waals surface area (Å²) in [6.07, 6.45) is 6.09. The fraction of sp³-hybridized carbons (Fsp3) is 0.407. The average molecular weight is 459 g/mol. The second-order valence-corrected chi connectivity index (χ2v) is 10.8. The molecule has 3 fully saturated rings. The monoisotopic (exact) mass is 458 g/mol. The molecule has 1 N–H and O–H groups in total. The summed E-state index contributed by atoms with van der Waals surface area (Å²) >= 11 is 1.96. The summed E-state index contributed by atoms with van der Waals surface area (Å²) in [5, 5.41) is 3.57. The third-order valence-electron chi connectivity index (χ3n) is 6.82. The van der Waals surface area contributed by atoms with Gasteiger partial charge in [0.05, 0.1) is 23.7 Å². The smallest absolute Gasteiger partial charge is 0.161 e. The first-order valence-corrected chi connectivity index (χ1v) is 12.9. The predicted molar refractivity (Wildman–Crippen MR) is 135 cm³/mol. The van der Waals surface area contributed by atoms with Gasteiger partial charge < -0.3 is 15.0 Å². The highest BCUT2D eigenvalue weighted by molar-refractivity contribution is 8.00. The molecule has 2 aliphatic carbocycles. The van der Waals surface area contributed by atoms with E-state index >= 15 is 0 Å². The lowest BCUT2D eigenvalue weighted by Crippen LogP contribution is -2.38. The molecule has 6 rings (SSSR count). The third kappa shape index (κ3) is 4.59. The van der Waals surface area contributed by atoms with E-state index < -0.39 is 0 Å². The Morgan fingerprint density at radius 2 is 1.70 bits per heavy atom. The molecule has 0 amide bonds. The zero-order chi connectivity index (χ0) is 22.1. The molecule has 5 nitrogen and oxygen atoms in total. The van der Waals surface area contributed by atoms with Crippen molar-refractivity contribution in [1.29, 1.82) is 0 Å². The third-order valence-corrected chi connectivity index (χ3v) is 8.34. The largest absolute Gasteiger partial charge is 0.382 e. The molecule has 2 saturated carbocycles. The number of thioether (sulfide) groups is 1. The second-order valence-electron chi connectivity index (χ2n) is 9.29. The molecule has 2 aromatic carbocycles. The molecule has 33 heavy (non-hydrogen) atoms. The molecule has 0 spiro atoms. The van der Waals surface area contributed by atoms with Gasteiger partial charge in [-0.05, 0) is 68.5 Å². The number of aromatic nitrogens is 2. The number of ether oxygens (including phenoxy) is 1. The minimum Gasteiger partial charge on any atom is -0.382 e. The van der Waals surface area contributed by atoms with E-state index in [0.29, 0.717) is 6.04 Å². The normalized spacial score (nSPS) is 19.7. The molecule has 6 heteroatoms. The Kier molecular flexibility index (Phi) is 5.72. The standard InChI is InChI=1S/C27H30N4OS/c1-2-5-23(6-3-1)33-27(13-4-14-27)24-19-25(31-15-17-32-18-16-31)30-26(29-24)20-7-9-21(10-8-20)28-22-11-12-22/h1-3,5-10,19,22,28H,4,11-18H2. The van der Waals surface area contributed by atoms with Crippen LogP contribution in [0.1, 0.15) is 37.8 Å². The Morgan fingerprint density at radius 1 is 0.939 bits per heavy atom. The first-order chi connectivity index (χ1) is 16.3. The molecule has 3 aliphatic rings. The summed E-state index contributed by atoms with van der Waals surface area (Å²) in [6.45, 7) is 3.25. The molecule has 1 saturated heterocycles. The van der Waals surface area contributed by atoms with E-state index in [1.165, 1.54) is 29.8 Å². The van der Waals surface area contributed by atoms with Crippen molar-refractivity contribution < 1.29 is 4.74 Å². The summed E-state index contributed by atoms with van der Waals surface area (Å²) in [5.74, 6) is 1.85. The van der Waals surface area contributed by atoms with Gasteiger partial charge >= 0.3 is 0 Å². The van der Waals surface area contributed by atoms with Gasteiger partial charge in [-0.15, -0.1) is 11.8 Å². The van der Waals surface area contributed by atoms with Crippen molar-refractivity contribution in [1.82, 2.24) is 9.97 Å². The van der Waals surface area contributed by atoms with Crippen LogP contribution in [0.3, 0.4) is 0 Å². The molecule has 3 aromatic rings. The predicted octanol–water partition coefficient (Wildman–Crippen LogP) is 5.73. The highest BCUT2D eigenvalue weighted by Crippen LogP contribution is 2.55. The Bertz CT molecular complexity index is 1090. The van der Waals surface area contributed by atoms with E-state index in [9.17, 15) is 0 Å². The van der Waals surface area contributed by atoms with E-state index in [1.807, 2.05) is 11.8 Å². The number of nitrogens with one attached hydrogen (secondary N) is 1. The molecular weight excluding hydrogens is 428 g/mol. The first kappa shape index (κ1) is 21.0. The number of nitrogens with zero attached hydrogens (tertiary/aromatic N) is 3. The Balaban J connectivity index is 1.37. The van der Waals surface area contributed by atoms with Crippen molar-refractivity contribution in [2.45, 2.75) is 47.8 Å². The highest BCUT2D eigenvalue weighted by Gasteiger charge is 2.42.